The summed E-state index contributed by atoms with van der Waals surface area (Å²) in [5, 5.41) is 9.53. The first kappa shape index (κ1) is 37.7. The van der Waals surface area contributed by atoms with Gasteiger partial charge in [-0.2, -0.15) is 0 Å². The molecule has 15 rings (SSSR count). The zero-order chi connectivity index (χ0) is 45.0. The highest BCUT2D eigenvalue weighted by Gasteiger charge is 2.45. The Bertz CT molecular complexity index is 4230. The second-order valence-corrected chi connectivity index (χ2v) is 19.6. The Hall–Kier alpha value is -8.48. The maximum Gasteiger partial charge on any atom is 0.333 e. The summed E-state index contributed by atoms with van der Waals surface area (Å²) < 4.78 is 16.7. The van der Waals surface area contributed by atoms with Crippen LogP contribution in [-0.2, 0) is 5.41 Å². The number of nitrogens with zero attached hydrogens (tertiary/aromatic N) is 3. The number of para-hydroxylation sites is 5. The standard InChI is InChI=1S/C62H42BN3O2/c1-62(2,3)38-33-46-56-42-22-11-10-17-37(42)29-32-49(56)66-60(46)47(34-38)58-57-45-24-13-15-28-54(45)67-55(57)36-52-59(58)63(66)48-31-30-41(64(39-18-6-4-7-19-39)40-20-8-5-9-21-40)35-51(48)65(52)50-26-16-25-44-43-23-12-14-27-53(43)68-61(44)50/h4-36H,1-3H3. The molecule has 5 nitrogen and oxygen atoms in total. The molecule has 2 aliphatic rings. The topological polar surface area (TPSA) is 37.7 Å². The predicted octanol–water partition coefficient (Wildman–Crippen LogP) is 15.9. The van der Waals surface area contributed by atoms with Gasteiger partial charge in [0.25, 0.3) is 0 Å². The lowest BCUT2D eigenvalue weighted by Gasteiger charge is -2.41. The van der Waals surface area contributed by atoms with Crippen molar-refractivity contribution < 1.29 is 8.83 Å². The third-order valence-electron chi connectivity index (χ3n) is 14.8. The van der Waals surface area contributed by atoms with Crippen molar-refractivity contribution >= 4 is 128 Å². The van der Waals surface area contributed by atoms with E-state index in [1.54, 1.807) is 0 Å². The van der Waals surface area contributed by atoms with Gasteiger partial charge in [0, 0.05) is 83.4 Å². The molecule has 0 atom stereocenters. The lowest BCUT2D eigenvalue weighted by Crippen LogP contribution is -2.56. The fourth-order valence-electron chi connectivity index (χ4n) is 11.9. The van der Waals surface area contributed by atoms with Crippen LogP contribution < -0.4 is 20.7 Å². The van der Waals surface area contributed by atoms with Gasteiger partial charge in [0.15, 0.2) is 5.58 Å². The number of hydrogen-bond acceptors (Lipinski definition) is 4. The number of furan rings is 2. The van der Waals surface area contributed by atoms with Crippen LogP contribution in [0, 0.1) is 0 Å². The average molecular weight is 872 g/mol. The highest BCUT2D eigenvalue weighted by atomic mass is 16.3. The quantitative estimate of drug-likeness (QED) is 0.165. The molecule has 0 amide bonds. The van der Waals surface area contributed by atoms with Crippen LogP contribution >= 0.6 is 0 Å². The highest BCUT2D eigenvalue weighted by Crippen LogP contribution is 2.53. The van der Waals surface area contributed by atoms with Crippen molar-refractivity contribution in [2.75, 3.05) is 9.80 Å². The largest absolute Gasteiger partial charge is 0.456 e. The van der Waals surface area contributed by atoms with E-state index in [1.165, 1.54) is 60.2 Å². The molecule has 0 spiro atoms. The maximum atomic E-state index is 7.04. The van der Waals surface area contributed by atoms with Crippen molar-refractivity contribution in [3.63, 3.8) is 0 Å². The van der Waals surface area contributed by atoms with E-state index in [0.29, 0.717) is 0 Å². The third kappa shape index (κ3) is 5.06. The SMILES string of the molecule is CC(C)(C)c1cc2c3c(c1)c1c4ccccc4ccc1n3B1c3ccc(N(c4ccccc4)c4ccccc4)cc3N(c3cccc4c3oc3ccccc34)c3cc4oc5ccccc5c4c-2c31. The molecule has 5 heterocycles. The smallest absolute Gasteiger partial charge is 0.333 e. The van der Waals surface area contributed by atoms with E-state index in [1.807, 2.05) is 0 Å². The van der Waals surface area contributed by atoms with E-state index in [4.69, 9.17) is 8.83 Å². The van der Waals surface area contributed by atoms with Gasteiger partial charge in [-0.05, 0) is 111 Å². The number of anilines is 6. The lowest BCUT2D eigenvalue weighted by molar-refractivity contribution is 0.591. The van der Waals surface area contributed by atoms with Crippen LogP contribution in [0.4, 0.5) is 34.1 Å². The minimum Gasteiger partial charge on any atom is -0.456 e. The summed E-state index contributed by atoms with van der Waals surface area (Å²) in [4.78, 5) is 4.85. The fourth-order valence-corrected chi connectivity index (χ4v) is 11.9. The van der Waals surface area contributed by atoms with Gasteiger partial charge < -0.3 is 23.1 Å². The number of rotatable bonds is 4. The number of benzene rings is 10. The Morgan fingerprint density at radius 3 is 1.91 bits per heavy atom. The zero-order valence-electron chi connectivity index (χ0n) is 37.8. The van der Waals surface area contributed by atoms with Crippen molar-refractivity contribution in [2.45, 2.75) is 26.2 Å². The van der Waals surface area contributed by atoms with E-state index in [9.17, 15) is 0 Å². The Kier molecular flexibility index (Phi) is 7.52. The van der Waals surface area contributed by atoms with Crippen LogP contribution in [0.5, 0.6) is 0 Å². The normalized spacial score (nSPS) is 13.2. The Balaban J connectivity index is 1.15. The summed E-state index contributed by atoms with van der Waals surface area (Å²) in [5.74, 6) is 0. The molecule has 68 heavy (non-hydrogen) atoms. The van der Waals surface area contributed by atoms with Gasteiger partial charge in [-0.1, -0.05) is 142 Å². The Morgan fingerprint density at radius 1 is 0.471 bits per heavy atom. The van der Waals surface area contributed by atoms with Gasteiger partial charge in [0.2, 0.25) is 0 Å². The minimum absolute atomic E-state index is 0.123. The van der Waals surface area contributed by atoms with Crippen LogP contribution in [-0.4, -0.2) is 11.3 Å². The maximum absolute atomic E-state index is 7.04. The summed E-state index contributed by atoms with van der Waals surface area (Å²) >= 11 is 0. The minimum atomic E-state index is -0.190. The van der Waals surface area contributed by atoms with Gasteiger partial charge in [0.1, 0.15) is 16.7 Å². The number of aromatic nitrogens is 1. The van der Waals surface area contributed by atoms with Crippen LogP contribution in [0.2, 0.25) is 0 Å². The van der Waals surface area contributed by atoms with Gasteiger partial charge in [0.05, 0.1) is 5.69 Å². The van der Waals surface area contributed by atoms with Crippen LogP contribution in [0.25, 0.3) is 87.6 Å². The molecule has 0 aliphatic carbocycles. The molecular weight excluding hydrogens is 830 g/mol. The van der Waals surface area contributed by atoms with E-state index in [0.717, 1.165) is 78.0 Å². The van der Waals surface area contributed by atoms with Crippen LogP contribution in [0.3, 0.4) is 0 Å². The first-order chi connectivity index (χ1) is 33.4. The summed E-state index contributed by atoms with van der Waals surface area (Å²) in [6.07, 6.45) is 0. The third-order valence-corrected chi connectivity index (χ3v) is 14.8. The predicted molar refractivity (Wildman–Crippen MR) is 285 cm³/mol. The lowest BCUT2D eigenvalue weighted by atomic mass is 9.44. The van der Waals surface area contributed by atoms with Gasteiger partial charge in [-0.15, -0.1) is 0 Å². The van der Waals surface area contributed by atoms with Crippen molar-refractivity contribution in [1.29, 1.82) is 0 Å². The molecule has 0 unspecified atom stereocenters. The first-order valence-corrected chi connectivity index (χ1v) is 23.6. The molecule has 13 aromatic rings. The molecule has 10 aromatic carbocycles. The molecule has 6 heteroatoms. The second-order valence-electron chi connectivity index (χ2n) is 19.6. The van der Waals surface area contributed by atoms with Crippen molar-refractivity contribution in [3.8, 4) is 11.1 Å². The molecule has 0 fully saturated rings. The van der Waals surface area contributed by atoms with Crippen molar-refractivity contribution in [2.24, 2.45) is 0 Å². The summed E-state index contributed by atoms with van der Waals surface area (Å²) in [7, 11) is 0. The molecule has 2 aliphatic heterocycles. The van der Waals surface area contributed by atoms with E-state index in [2.05, 4.69) is 235 Å². The van der Waals surface area contributed by atoms with Crippen molar-refractivity contribution in [1.82, 2.24) is 4.48 Å². The van der Waals surface area contributed by atoms with Gasteiger partial charge in [-0.3, -0.25) is 0 Å². The monoisotopic (exact) mass is 871 g/mol. The van der Waals surface area contributed by atoms with Crippen LogP contribution in [0.1, 0.15) is 26.3 Å². The Labute approximate surface area is 392 Å². The molecule has 0 saturated carbocycles. The highest BCUT2D eigenvalue weighted by molar-refractivity contribution is 6.90. The fraction of sp³-hybridized carbons (Fsp3) is 0.0645. The zero-order valence-corrected chi connectivity index (χ0v) is 37.8. The van der Waals surface area contributed by atoms with Gasteiger partial charge in [-0.25, -0.2) is 0 Å². The Morgan fingerprint density at radius 2 is 1.15 bits per heavy atom. The summed E-state index contributed by atoms with van der Waals surface area (Å²) in [6.45, 7) is 6.82. The molecule has 0 N–H and O–H groups in total. The van der Waals surface area contributed by atoms with E-state index >= 15 is 0 Å². The average Bonchev–Trinajstić information content (AvgIpc) is 4.05. The molecule has 320 valence electrons. The van der Waals surface area contributed by atoms with E-state index < -0.39 is 0 Å². The molecule has 0 saturated heterocycles. The van der Waals surface area contributed by atoms with Gasteiger partial charge >= 0.3 is 6.85 Å². The summed E-state index contributed by atoms with van der Waals surface area (Å²) in [5.41, 5.74) is 18.4. The first-order valence-electron chi connectivity index (χ1n) is 23.6. The molecule has 0 radical (unpaired) electrons. The molecular formula is C62H42BN3O2. The molecule has 0 bridgehead atoms. The number of hydrogen-bond donors (Lipinski definition) is 0. The van der Waals surface area contributed by atoms with E-state index in [-0.39, 0.29) is 12.3 Å². The van der Waals surface area contributed by atoms with Crippen molar-refractivity contribution in [3.05, 3.63) is 206 Å². The second kappa shape index (κ2) is 13.6. The van der Waals surface area contributed by atoms with Crippen LogP contribution in [0.15, 0.2) is 209 Å². The molecule has 3 aromatic heterocycles. The summed E-state index contributed by atoms with van der Waals surface area (Å²) in [6, 6.07) is 73.0. The number of fused-ring (bicyclic) bond motifs is 16.